The standard InChI is InChI=1S/C26H24N2O5/c1-4-33-26(32)16-6-9-18(10-7-16)27-24(30)21-20-12-8-17-13-14(2)5-11-19(17)28(20)23(15(3)29)22(21)25(27)31/h5-13,20-23H,4H2,1-3H3/t20-,21-,22-,23-/m0/s1. The number of hydrogen-bond donors (Lipinski definition) is 0. The molecule has 7 nitrogen and oxygen atoms in total. The third-order valence-electron chi connectivity index (χ3n) is 6.71. The Kier molecular flexibility index (Phi) is 4.92. The molecule has 0 aliphatic carbocycles. The molecule has 0 saturated carbocycles. The summed E-state index contributed by atoms with van der Waals surface area (Å²) in [5.41, 5.74) is 3.67. The van der Waals surface area contributed by atoms with E-state index in [0.717, 1.165) is 21.7 Å². The summed E-state index contributed by atoms with van der Waals surface area (Å²) in [5, 5.41) is 0. The molecule has 2 amide bonds. The van der Waals surface area contributed by atoms with E-state index in [1.54, 1.807) is 19.1 Å². The summed E-state index contributed by atoms with van der Waals surface area (Å²) in [7, 11) is 0. The summed E-state index contributed by atoms with van der Waals surface area (Å²) in [4.78, 5) is 55.0. The molecule has 0 aromatic heterocycles. The minimum Gasteiger partial charge on any atom is -0.462 e. The average molecular weight is 444 g/mol. The maximum Gasteiger partial charge on any atom is 0.338 e. The largest absolute Gasteiger partial charge is 0.462 e. The first kappa shape index (κ1) is 21.1. The molecule has 2 saturated heterocycles. The monoisotopic (exact) mass is 444 g/mol. The quantitative estimate of drug-likeness (QED) is 0.532. The van der Waals surface area contributed by atoms with Gasteiger partial charge in [-0.3, -0.25) is 14.4 Å². The number of carbonyl (C=O) groups is 4. The lowest BCUT2D eigenvalue weighted by Crippen LogP contribution is -2.48. The predicted molar refractivity (Wildman–Crippen MR) is 123 cm³/mol. The van der Waals surface area contributed by atoms with E-state index in [0.29, 0.717) is 11.3 Å². The number of ether oxygens (including phenoxy) is 1. The van der Waals surface area contributed by atoms with E-state index in [-0.39, 0.29) is 30.2 Å². The smallest absolute Gasteiger partial charge is 0.338 e. The van der Waals surface area contributed by atoms with Gasteiger partial charge in [0.25, 0.3) is 0 Å². The van der Waals surface area contributed by atoms with Crippen LogP contribution in [0.2, 0.25) is 0 Å². The summed E-state index contributed by atoms with van der Waals surface area (Å²) < 4.78 is 4.99. The number of ketones is 1. The zero-order valence-electron chi connectivity index (χ0n) is 18.6. The van der Waals surface area contributed by atoms with Gasteiger partial charge in [0.1, 0.15) is 6.04 Å². The fourth-order valence-electron chi connectivity index (χ4n) is 5.37. The number of Topliss-reactive ketones (excluding diaryl/α,β-unsaturated/α-hetero) is 1. The first-order valence-electron chi connectivity index (χ1n) is 11.1. The number of hydrogen-bond acceptors (Lipinski definition) is 6. The lowest BCUT2D eigenvalue weighted by Gasteiger charge is -2.36. The molecule has 3 aliphatic rings. The van der Waals surface area contributed by atoms with Crippen molar-refractivity contribution in [2.75, 3.05) is 16.4 Å². The van der Waals surface area contributed by atoms with Gasteiger partial charge >= 0.3 is 5.97 Å². The van der Waals surface area contributed by atoms with Crippen LogP contribution in [0.15, 0.2) is 48.5 Å². The lowest BCUT2D eigenvalue weighted by atomic mass is 9.88. The van der Waals surface area contributed by atoms with Gasteiger partial charge in [0.15, 0.2) is 5.78 Å². The number of rotatable bonds is 4. The highest BCUT2D eigenvalue weighted by Crippen LogP contribution is 2.49. The maximum absolute atomic E-state index is 13.6. The van der Waals surface area contributed by atoms with E-state index in [1.807, 2.05) is 42.2 Å². The Morgan fingerprint density at radius 3 is 2.36 bits per heavy atom. The molecule has 0 N–H and O–H groups in total. The van der Waals surface area contributed by atoms with Crippen LogP contribution < -0.4 is 9.80 Å². The molecule has 168 valence electrons. The highest BCUT2D eigenvalue weighted by Gasteiger charge is 2.63. The second kappa shape index (κ2) is 7.69. The fraction of sp³-hybridized carbons (Fsp3) is 0.308. The zero-order valence-corrected chi connectivity index (χ0v) is 18.6. The minimum absolute atomic E-state index is 0.144. The highest BCUT2D eigenvalue weighted by atomic mass is 16.5. The van der Waals surface area contributed by atoms with Crippen molar-refractivity contribution in [3.63, 3.8) is 0 Å². The highest BCUT2D eigenvalue weighted by molar-refractivity contribution is 6.24. The van der Waals surface area contributed by atoms with Gasteiger partial charge in [0.2, 0.25) is 11.8 Å². The number of benzene rings is 2. The average Bonchev–Trinajstić information content (AvgIpc) is 3.27. The van der Waals surface area contributed by atoms with Crippen LogP contribution in [-0.2, 0) is 19.1 Å². The van der Waals surface area contributed by atoms with E-state index < -0.39 is 23.8 Å². The molecule has 3 aliphatic heterocycles. The molecule has 4 atom stereocenters. The van der Waals surface area contributed by atoms with Gasteiger partial charge in [-0.1, -0.05) is 23.8 Å². The molecule has 0 bridgehead atoms. The van der Waals surface area contributed by atoms with E-state index in [9.17, 15) is 19.2 Å². The van der Waals surface area contributed by atoms with Gasteiger partial charge in [-0.25, -0.2) is 9.69 Å². The number of aryl methyl sites for hydroxylation is 1. The molecule has 33 heavy (non-hydrogen) atoms. The van der Waals surface area contributed by atoms with E-state index in [1.165, 1.54) is 19.1 Å². The number of fused-ring (bicyclic) bond motifs is 5. The van der Waals surface area contributed by atoms with Crippen LogP contribution in [0.5, 0.6) is 0 Å². The Morgan fingerprint density at radius 2 is 1.70 bits per heavy atom. The molecule has 5 rings (SSSR count). The third kappa shape index (κ3) is 3.10. The van der Waals surface area contributed by atoms with Gasteiger partial charge in [0, 0.05) is 5.69 Å². The van der Waals surface area contributed by atoms with Gasteiger partial charge in [0.05, 0.1) is 35.7 Å². The van der Waals surface area contributed by atoms with Gasteiger partial charge in [-0.2, -0.15) is 0 Å². The number of imide groups is 1. The number of anilines is 2. The number of carbonyl (C=O) groups excluding carboxylic acids is 4. The van der Waals surface area contributed by atoms with Crippen molar-refractivity contribution in [3.8, 4) is 0 Å². The first-order valence-corrected chi connectivity index (χ1v) is 11.1. The molecular formula is C26H24N2O5. The van der Waals surface area contributed by atoms with Gasteiger partial charge in [-0.05, 0) is 62.7 Å². The lowest BCUT2D eigenvalue weighted by molar-refractivity contribution is -0.126. The van der Waals surface area contributed by atoms with Crippen LogP contribution >= 0.6 is 0 Å². The number of amides is 2. The van der Waals surface area contributed by atoms with Crippen LogP contribution in [0, 0.1) is 18.8 Å². The van der Waals surface area contributed by atoms with Crippen molar-refractivity contribution in [1.29, 1.82) is 0 Å². The zero-order chi connectivity index (χ0) is 23.4. The Labute approximate surface area is 191 Å². The SMILES string of the molecule is CCOC(=O)c1ccc(N2C(=O)[C@@H]3[C@H](C2=O)[C@H](C(C)=O)N2c4ccc(C)cc4C=C[C@@H]32)cc1. The van der Waals surface area contributed by atoms with Crippen molar-refractivity contribution < 1.29 is 23.9 Å². The first-order chi connectivity index (χ1) is 15.8. The van der Waals surface area contributed by atoms with Crippen LogP contribution in [0.1, 0.15) is 35.3 Å². The molecule has 3 heterocycles. The van der Waals surface area contributed by atoms with Crippen LogP contribution in [0.4, 0.5) is 11.4 Å². The summed E-state index contributed by atoms with van der Waals surface area (Å²) in [6.45, 7) is 5.46. The second-order valence-electron chi connectivity index (χ2n) is 8.71. The Morgan fingerprint density at radius 1 is 1.00 bits per heavy atom. The van der Waals surface area contributed by atoms with Crippen molar-refractivity contribution in [2.24, 2.45) is 11.8 Å². The Balaban J connectivity index is 1.52. The molecule has 7 heteroatoms. The topological polar surface area (TPSA) is 84.0 Å². The summed E-state index contributed by atoms with van der Waals surface area (Å²) in [6, 6.07) is 11.1. The summed E-state index contributed by atoms with van der Waals surface area (Å²) >= 11 is 0. The van der Waals surface area contributed by atoms with E-state index in [4.69, 9.17) is 4.74 Å². The van der Waals surface area contributed by atoms with Crippen molar-refractivity contribution >= 4 is 41.0 Å². The number of esters is 1. The van der Waals surface area contributed by atoms with Crippen molar-refractivity contribution in [1.82, 2.24) is 0 Å². The Bertz CT molecular complexity index is 1220. The van der Waals surface area contributed by atoms with Crippen LogP contribution in [-0.4, -0.2) is 42.3 Å². The van der Waals surface area contributed by atoms with Crippen LogP contribution in [0.3, 0.4) is 0 Å². The number of nitrogens with zero attached hydrogens (tertiary/aromatic N) is 2. The molecule has 0 unspecified atom stereocenters. The van der Waals surface area contributed by atoms with Gasteiger partial charge < -0.3 is 9.64 Å². The predicted octanol–water partition coefficient (Wildman–Crippen LogP) is 3.15. The molecular weight excluding hydrogens is 420 g/mol. The van der Waals surface area contributed by atoms with Crippen LogP contribution in [0.25, 0.3) is 6.08 Å². The minimum atomic E-state index is -0.762. The van der Waals surface area contributed by atoms with E-state index in [2.05, 4.69) is 0 Å². The second-order valence-corrected chi connectivity index (χ2v) is 8.71. The molecule has 2 fully saturated rings. The molecule has 0 spiro atoms. The van der Waals surface area contributed by atoms with Crippen molar-refractivity contribution in [2.45, 2.75) is 32.9 Å². The normalized spacial score (nSPS) is 25.1. The summed E-state index contributed by atoms with van der Waals surface area (Å²) in [6.07, 6.45) is 3.90. The van der Waals surface area contributed by atoms with E-state index >= 15 is 0 Å². The summed E-state index contributed by atoms with van der Waals surface area (Å²) in [5.74, 6) is -2.73. The van der Waals surface area contributed by atoms with Gasteiger partial charge in [-0.15, -0.1) is 0 Å². The third-order valence-corrected chi connectivity index (χ3v) is 6.71. The maximum atomic E-state index is 13.6. The fourth-order valence-corrected chi connectivity index (χ4v) is 5.37. The molecule has 2 aromatic rings. The molecule has 2 aromatic carbocycles. The Hall–Kier alpha value is -3.74. The van der Waals surface area contributed by atoms with Crippen molar-refractivity contribution in [3.05, 3.63) is 65.2 Å². The molecule has 0 radical (unpaired) electrons.